The highest BCUT2D eigenvalue weighted by atomic mass is 16.7. The molecule has 0 saturated carbocycles. The number of rotatable bonds is 10. The van der Waals surface area contributed by atoms with Crippen molar-refractivity contribution in [3.63, 3.8) is 0 Å². The molecule has 1 aliphatic carbocycles. The van der Waals surface area contributed by atoms with Gasteiger partial charge in [0.15, 0.2) is 23.2 Å². The second kappa shape index (κ2) is 12.6. The van der Waals surface area contributed by atoms with E-state index in [1.807, 2.05) is 26.2 Å². The number of carbonyl (C=O) groups excluding carboxylic acids is 2. The molecule has 2 N–H and O–H groups in total. The van der Waals surface area contributed by atoms with Crippen LogP contribution in [0, 0.1) is 0 Å². The van der Waals surface area contributed by atoms with Crippen LogP contribution in [0.5, 0.6) is 11.5 Å². The predicted molar refractivity (Wildman–Crippen MR) is 171 cm³/mol. The number of hydrogen-bond acceptors (Lipinski definition) is 10. The van der Waals surface area contributed by atoms with Crippen molar-refractivity contribution in [3.8, 4) is 11.5 Å². The number of hydrogen-bond donors (Lipinski definition) is 2. The van der Waals surface area contributed by atoms with Gasteiger partial charge in [0.25, 0.3) is 0 Å². The zero-order chi connectivity index (χ0) is 32.9. The Bertz CT molecular complexity index is 1350. The quantitative estimate of drug-likeness (QED) is 0.369. The summed E-state index contributed by atoms with van der Waals surface area (Å²) in [6.07, 6.45) is 6.01. The molecule has 4 atom stereocenters. The van der Waals surface area contributed by atoms with E-state index in [1.54, 1.807) is 25.9 Å². The summed E-state index contributed by atoms with van der Waals surface area (Å²) in [7, 11) is 5.67. The molecule has 4 heterocycles. The van der Waals surface area contributed by atoms with Gasteiger partial charge < -0.3 is 39.0 Å². The maximum absolute atomic E-state index is 14.3. The Morgan fingerprint density at radius 1 is 1.07 bits per heavy atom. The van der Waals surface area contributed by atoms with Gasteiger partial charge in [0.1, 0.15) is 5.76 Å². The monoisotopic (exact) mass is 641 g/mol. The van der Waals surface area contributed by atoms with Gasteiger partial charge in [-0.1, -0.05) is 0 Å². The summed E-state index contributed by atoms with van der Waals surface area (Å²) >= 11 is 0. The minimum absolute atomic E-state index is 0.00825. The number of ether oxygens (including phenoxy) is 4. The smallest absolute Gasteiger partial charge is 0.339 e. The van der Waals surface area contributed by atoms with Crippen molar-refractivity contribution in [2.45, 2.75) is 106 Å². The molecule has 254 valence electrons. The van der Waals surface area contributed by atoms with Crippen LogP contribution in [0.2, 0.25) is 0 Å². The maximum atomic E-state index is 14.3. The van der Waals surface area contributed by atoms with Crippen LogP contribution in [0.25, 0.3) is 0 Å². The van der Waals surface area contributed by atoms with Crippen molar-refractivity contribution < 1.29 is 38.7 Å². The Morgan fingerprint density at radius 3 is 2.46 bits per heavy atom. The molecular weight excluding hydrogens is 590 g/mol. The first-order valence-corrected chi connectivity index (χ1v) is 16.9. The molecule has 11 nitrogen and oxygen atoms in total. The number of amides is 1. The molecule has 46 heavy (non-hydrogen) atoms. The van der Waals surface area contributed by atoms with E-state index in [4.69, 9.17) is 18.9 Å². The van der Waals surface area contributed by atoms with Gasteiger partial charge in [-0.05, 0) is 115 Å². The lowest BCUT2D eigenvalue weighted by atomic mass is 9.77. The van der Waals surface area contributed by atoms with Crippen molar-refractivity contribution in [2.75, 3.05) is 54.2 Å². The van der Waals surface area contributed by atoms with E-state index in [-0.39, 0.29) is 31.5 Å². The normalized spacial score (nSPS) is 27.4. The number of fused-ring (bicyclic) bond motifs is 3. The van der Waals surface area contributed by atoms with Gasteiger partial charge in [0.2, 0.25) is 12.7 Å². The minimum atomic E-state index is -2.06. The standard InChI is InChI=1S/C35H51N3O8/c1-33(2,41)11-6-13-35(42,21-29(39)37-15-9-24(10-16-37)36(3)4)32(40)46-31-28(43-5)20-34-12-7-14-38(34)17-8-23-18-26-27(45-22-44-26)19-25(23)30(31)34/h18-20,24,30-31,41-42H,6-17,21-22H2,1-5H3/t30-,31-,34?,35-/m1/s1. The molecule has 0 aromatic heterocycles. The van der Waals surface area contributed by atoms with Crippen molar-refractivity contribution in [2.24, 2.45) is 0 Å². The van der Waals surface area contributed by atoms with Gasteiger partial charge >= 0.3 is 5.97 Å². The molecule has 1 spiro atoms. The lowest BCUT2D eigenvalue weighted by Gasteiger charge is -2.40. The number of likely N-dealkylation sites (tertiary alicyclic amines) is 1. The second-order valence-corrected chi connectivity index (χ2v) is 14.7. The third kappa shape index (κ3) is 6.23. The lowest BCUT2D eigenvalue weighted by Crippen LogP contribution is -2.51. The fourth-order valence-electron chi connectivity index (χ4n) is 8.39. The molecule has 5 aliphatic rings. The highest BCUT2D eigenvalue weighted by molar-refractivity contribution is 5.88. The highest BCUT2D eigenvalue weighted by Crippen LogP contribution is 2.55. The number of nitrogens with zero attached hydrogens (tertiary/aromatic N) is 3. The summed E-state index contributed by atoms with van der Waals surface area (Å²) in [6.45, 7) is 6.47. The van der Waals surface area contributed by atoms with E-state index in [0.717, 1.165) is 62.1 Å². The van der Waals surface area contributed by atoms with E-state index in [0.29, 0.717) is 43.5 Å². The molecule has 6 rings (SSSR count). The lowest BCUT2D eigenvalue weighted by molar-refractivity contribution is -0.177. The average Bonchev–Trinajstić information content (AvgIpc) is 3.70. The number of carbonyl (C=O) groups is 2. The molecule has 1 aromatic carbocycles. The molecule has 4 aliphatic heterocycles. The van der Waals surface area contributed by atoms with E-state index in [2.05, 4.69) is 15.9 Å². The Hall–Kier alpha value is -2.86. The third-order valence-corrected chi connectivity index (χ3v) is 10.9. The van der Waals surface area contributed by atoms with Gasteiger partial charge in [-0.25, -0.2) is 4.79 Å². The zero-order valence-electron chi connectivity index (χ0n) is 28.0. The van der Waals surface area contributed by atoms with Crippen LogP contribution < -0.4 is 9.47 Å². The molecule has 0 radical (unpaired) electrons. The number of aliphatic hydroxyl groups is 2. The van der Waals surface area contributed by atoms with Crippen LogP contribution in [0.15, 0.2) is 24.0 Å². The Kier molecular flexibility index (Phi) is 9.08. The highest BCUT2D eigenvalue weighted by Gasteiger charge is 2.59. The Labute approximate surface area is 272 Å². The molecule has 1 unspecified atom stereocenters. The topological polar surface area (TPSA) is 121 Å². The summed E-state index contributed by atoms with van der Waals surface area (Å²) in [5.41, 5.74) is -1.31. The average molecular weight is 642 g/mol. The van der Waals surface area contributed by atoms with Gasteiger partial charge in [0.05, 0.1) is 30.6 Å². The molecule has 1 aromatic rings. The van der Waals surface area contributed by atoms with Crippen LogP contribution in [0.3, 0.4) is 0 Å². The maximum Gasteiger partial charge on any atom is 0.339 e. The van der Waals surface area contributed by atoms with Crippen molar-refractivity contribution in [3.05, 3.63) is 35.1 Å². The van der Waals surface area contributed by atoms with Crippen molar-refractivity contribution >= 4 is 11.9 Å². The van der Waals surface area contributed by atoms with E-state index >= 15 is 0 Å². The van der Waals surface area contributed by atoms with E-state index in [9.17, 15) is 19.8 Å². The fourth-order valence-corrected chi connectivity index (χ4v) is 8.39. The van der Waals surface area contributed by atoms with Crippen LogP contribution in [-0.4, -0.2) is 120 Å². The molecule has 11 heteroatoms. The van der Waals surface area contributed by atoms with E-state index < -0.39 is 28.8 Å². The van der Waals surface area contributed by atoms with Crippen molar-refractivity contribution in [1.29, 1.82) is 0 Å². The Morgan fingerprint density at radius 2 is 1.78 bits per heavy atom. The molecule has 1 amide bonds. The molecule has 2 saturated heterocycles. The minimum Gasteiger partial charge on any atom is -0.497 e. The Balaban J connectivity index is 1.29. The number of esters is 1. The number of benzene rings is 1. The third-order valence-electron chi connectivity index (χ3n) is 10.9. The van der Waals surface area contributed by atoms with Gasteiger partial charge in [-0.2, -0.15) is 0 Å². The van der Waals surface area contributed by atoms with Crippen LogP contribution in [0.1, 0.15) is 82.3 Å². The summed E-state index contributed by atoms with van der Waals surface area (Å²) in [5.74, 6) is 0.549. The van der Waals surface area contributed by atoms with Crippen LogP contribution in [0.4, 0.5) is 0 Å². The predicted octanol–water partition coefficient (Wildman–Crippen LogP) is 2.96. The molecule has 0 bridgehead atoms. The first-order chi connectivity index (χ1) is 21.8. The van der Waals surface area contributed by atoms with E-state index in [1.165, 1.54) is 0 Å². The SMILES string of the molecule is COC1=CC23CCCN2CCc2cc4c(cc2[C@@H]3[C@@H]1OC(=O)[C@@](O)(CCCC(C)(C)O)CC(=O)N1CCC(N(C)C)CC1)OCO4. The van der Waals surface area contributed by atoms with Gasteiger partial charge in [0, 0.05) is 25.7 Å². The molecule has 2 fully saturated rings. The first kappa shape index (κ1) is 33.1. The molecular formula is C35H51N3O8. The summed E-state index contributed by atoms with van der Waals surface area (Å²) in [5, 5.41) is 22.5. The van der Waals surface area contributed by atoms with Gasteiger partial charge in [-0.3, -0.25) is 9.69 Å². The van der Waals surface area contributed by atoms with Crippen LogP contribution >= 0.6 is 0 Å². The van der Waals surface area contributed by atoms with Gasteiger partial charge in [-0.15, -0.1) is 0 Å². The number of methoxy groups -OCH3 is 1. The summed E-state index contributed by atoms with van der Waals surface area (Å²) in [4.78, 5) is 34.3. The zero-order valence-corrected chi connectivity index (χ0v) is 28.0. The van der Waals surface area contributed by atoms with Crippen molar-refractivity contribution in [1.82, 2.24) is 14.7 Å². The largest absolute Gasteiger partial charge is 0.497 e. The summed E-state index contributed by atoms with van der Waals surface area (Å²) in [6, 6.07) is 4.46. The fraction of sp³-hybridized carbons (Fsp3) is 0.714. The summed E-state index contributed by atoms with van der Waals surface area (Å²) < 4.78 is 23.8. The first-order valence-electron chi connectivity index (χ1n) is 16.9. The van der Waals surface area contributed by atoms with Crippen LogP contribution in [-0.2, 0) is 25.5 Å². The number of piperidine rings is 1. The second-order valence-electron chi connectivity index (χ2n) is 14.7.